The average Bonchev–Trinajstić information content (AvgIpc) is 2.32. The Bertz CT molecular complexity index is 175. The Balaban J connectivity index is 3.32. The first-order chi connectivity index (χ1) is 8.33. The smallest absolute Gasteiger partial charge is 0.0623 e. The highest BCUT2D eigenvalue weighted by Gasteiger charge is 2.15. The first-order valence-corrected chi connectivity index (χ1v) is 7.61. The molecule has 0 heterocycles. The van der Waals surface area contributed by atoms with Gasteiger partial charge in [0.15, 0.2) is 0 Å². The van der Waals surface area contributed by atoms with Crippen LogP contribution >= 0.6 is 0 Å². The first kappa shape index (κ1) is 17.9. The molecule has 0 unspecified atom stereocenters. The molecule has 0 aromatic heterocycles. The summed E-state index contributed by atoms with van der Waals surface area (Å²) in [5.74, 6) is 0. The van der Waals surface area contributed by atoms with Crippen molar-refractivity contribution >= 4 is 0 Å². The van der Waals surface area contributed by atoms with E-state index >= 15 is 0 Å². The lowest BCUT2D eigenvalue weighted by atomic mass is 10.1. The molecule has 0 N–H and O–H groups in total. The monoisotopic (exact) mass is 258 g/mol. The summed E-state index contributed by atoms with van der Waals surface area (Å²) >= 11 is 0. The second-order valence-electron chi connectivity index (χ2n) is 6.34. The van der Waals surface area contributed by atoms with Gasteiger partial charge in [-0.25, -0.2) is 0 Å². The van der Waals surface area contributed by atoms with E-state index in [1.54, 1.807) is 0 Å². The zero-order valence-electron chi connectivity index (χ0n) is 13.5. The lowest BCUT2D eigenvalue weighted by molar-refractivity contribution is -0.0262. The van der Waals surface area contributed by atoms with E-state index in [4.69, 9.17) is 9.47 Å². The molecule has 0 aliphatic heterocycles. The summed E-state index contributed by atoms with van der Waals surface area (Å²) in [7, 11) is 0. The summed E-state index contributed by atoms with van der Waals surface area (Å²) in [5.41, 5.74) is 0.0997. The van der Waals surface area contributed by atoms with E-state index in [2.05, 4.69) is 41.5 Å². The fraction of sp³-hybridized carbons (Fsp3) is 1.00. The molecule has 0 aliphatic rings. The zero-order valence-corrected chi connectivity index (χ0v) is 13.5. The van der Waals surface area contributed by atoms with E-state index in [1.165, 1.54) is 25.7 Å². The summed E-state index contributed by atoms with van der Waals surface area (Å²) < 4.78 is 11.7. The minimum Gasteiger partial charge on any atom is -0.376 e. The molecule has 0 radical (unpaired) electrons. The van der Waals surface area contributed by atoms with Gasteiger partial charge in [0, 0.05) is 13.2 Å². The summed E-state index contributed by atoms with van der Waals surface area (Å²) in [4.78, 5) is 0. The summed E-state index contributed by atoms with van der Waals surface area (Å²) in [5, 5.41) is 0. The molecule has 0 fully saturated rings. The maximum absolute atomic E-state index is 5.83. The van der Waals surface area contributed by atoms with Crippen LogP contribution in [0.2, 0.25) is 0 Å². The van der Waals surface area contributed by atoms with Crippen molar-refractivity contribution < 1.29 is 9.47 Å². The predicted molar refractivity (Wildman–Crippen MR) is 79.1 cm³/mol. The van der Waals surface area contributed by atoms with Gasteiger partial charge < -0.3 is 9.47 Å². The molecular formula is C16H34O2. The fourth-order valence-electron chi connectivity index (χ4n) is 1.46. The van der Waals surface area contributed by atoms with Crippen molar-refractivity contribution in [2.75, 3.05) is 13.2 Å². The molecule has 0 amide bonds. The van der Waals surface area contributed by atoms with Crippen molar-refractivity contribution in [2.45, 2.75) is 91.3 Å². The lowest BCUT2D eigenvalue weighted by Crippen LogP contribution is -2.24. The first-order valence-electron chi connectivity index (χ1n) is 7.61. The Labute approximate surface area is 114 Å². The Morgan fingerprint density at radius 3 is 1.22 bits per heavy atom. The highest BCUT2D eigenvalue weighted by molar-refractivity contribution is 4.65. The van der Waals surface area contributed by atoms with Gasteiger partial charge in [-0.3, -0.25) is 0 Å². The van der Waals surface area contributed by atoms with Gasteiger partial charge in [-0.05, 0) is 53.4 Å². The third-order valence-corrected chi connectivity index (χ3v) is 3.73. The number of hydrogen-bond acceptors (Lipinski definition) is 2. The van der Waals surface area contributed by atoms with Crippen LogP contribution in [0.1, 0.15) is 80.1 Å². The maximum Gasteiger partial charge on any atom is 0.0623 e. The number of unbranched alkanes of at least 4 members (excludes halogenated alkanes) is 3. The van der Waals surface area contributed by atoms with Crippen molar-refractivity contribution in [1.82, 2.24) is 0 Å². The summed E-state index contributed by atoms with van der Waals surface area (Å²) in [6, 6.07) is 0. The second-order valence-corrected chi connectivity index (χ2v) is 6.34. The van der Waals surface area contributed by atoms with E-state index in [-0.39, 0.29) is 11.2 Å². The van der Waals surface area contributed by atoms with Crippen molar-refractivity contribution in [3.63, 3.8) is 0 Å². The molecular weight excluding hydrogens is 224 g/mol. The lowest BCUT2D eigenvalue weighted by Gasteiger charge is -2.24. The minimum atomic E-state index is 0.0499. The van der Waals surface area contributed by atoms with E-state index < -0.39 is 0 Å². The number of hydrogen-bond donors (Lipinski definition) is 0. The molecule has 0 bridgehead atoms. The van der Waals surface area contributed by atoms with Gasteiger partial charge in [0.1, 0.15) is 0 Å². The molecule has 2 heteroatoms. The molecule has 0 saturated carbocycles. The van der Waals surface area contributed by atoms with Crippen LogP contribution in [0.3, 0.4) is 0 Å². The molecule has 0 aromatic carbocycles. The normalized spacial score (nSPS) is 13.0. The fourth-order valence-corrected chi connectivity index (χ4v) is 1.46. The van der Waals surface area contributed by atoms with Gasteiger partial charge in [0.2, 0.25) is 0 Å². The molecule has 0 rings (SSSR count). The van der Waals surface area contributed by atoms with Crippen LogP contribution in [0, 0.1) is 0 Å². The van der Waals surface area contributed by atoms with Gasteiger partial charge in [-0.1, -0.05) is 26.7 Å². The quantitative estimate of drug-likeness (QED) is 0.488. The Morgan fingerprint density at radius 1 is 0.611 bits per heavy atom. The van der Waals surface area contributed by atoms with E-state index in [1.807, 2.05) is 0 Å². The third-order valence-electron chi connectivity index (χ3n) is 3.73. The van der Waals surface area contributed by atoms with Gasteiger partial charge >= 0.3 is 0 Å². The maximum atomic E-state index is 5.83. The van der Waals surface area contributed by atoms with Crippen molar-refractivity contribution in [3.05, 3.63) is 0 Å². The number of rotatable bonds is 11. The van der Waals surface area contributed by atoms with Gasteiger partial charge in [0.05, 0.1) is 11.2 Å². The SMILES string of the molecule is CCC(C)(C)OCCCCCCOC(C)(C)CC. The second kappa shape index (κ2) is 8.92. The Morgan fingerprint density at radius 2 is 0.944 bits per heavy atom. The molecule has 0 saturated heterocycles. The van der Waals surface area contributed by atoms with Crippen molar-refractivity contribution in [1.29, 1.82) is 0 Å². The van der Waals surface area contributed by atoms with E-state index in [9.17, 15) is 0 Å². The van der Waals surface area contributed by atoms with Crippen LogP contribution in [-0.4, -0.2) is 24.4 Å². The Hall–Kier alpha value is -0.0800. The van der Waals surface area contributed by atoms with Crippen molar-refractivity contribution in [3.8, 4) is 0 Å². The van der Waals surface area contributed by atoms with Crippen LogP contribution in [0.15, 0.2) is 0 Å². The van der Waals surface area contributed by atoms with Gasteiger partial charge in [0.25, 0.3) is 0 Å². The van der Waals surface area contributed by atoms with E-state index in [0.29, 0.717) is 0 Å². The average molecular weight is 258 g/mol. The highest BCUT2D eigenvalue weighted by Crippen LogP contribution is 2.16. The topological polar surface area (TPSA) is 18.5 Å². The molecule has 18 heavy (non-hydrogen) atoms. The van der Waals surface area contributed by atoms with Crippen LogP contribution in [0.4, 0.5) is 0 Å². The standard InChI is InChI=1S/C16H34O2/c1-7-15(3,4)17-13-11-9-10-12-14-18-16(5,6)8-2/h7-14H2,1-6H3. The molecule has 0 aliphatic carbocycles. The molecule has 0 aromatic rings. The van der Waals surface area contributed by atoms with Crippen LogP contribution in [0.5, 0.6) is 0 Å². The highest BCUT2D eigenvalue weighted by atomic mass is 16.5. The number of ether oxygens (including phenoxy) is 2. The van der Waals surface area contributed by atoms with Crippen LogP contribution in [-0.2, 0) is 9.47 Å². The van der Waals surface area contributed by atoms with E-state index in [0.717, 1.165) is 26.1 Å². The van der Waals surface area contributed by atoms with Crippen LogP contribution < -0.4 is 0 Å². The molecule has 2 nitrogen and oxygen atoms in total. The summed E-state index contributed by atoms with van der Waals surface area (Å²) in [6.45, 7) is 14.8. The minimum absolute atomic E-state index is 0.0499. The zero-order chi connectivity index (χ0) is 14.1. The summed E-state index contributed by atoms with van der Waals surface area (Å²) in [6.07, 6.45) is 6.98. The van der Waals surface area contributed by atoms with Crippen LogP contribution in [0.25, 0.3) is 0 Å². The van der Waals surface area contributed by atoms with Gasteiger partial charge in [-0.15, -0.1) is 0 Å². The largest absolute Gasteiger partial charge is 0.376 e. The van der Waals surface area contributed by atoms with Crippen molar-refractivity contribution in [2.24, 2.45) is 0 Å². The van der Waals surface area contributed by atoms with Gasteiger partial charge in [-0.2, -0.15) is 0 Å². The predicted octanol–water partition coefficient (Wildman–Crippen LogP) is 4.96. The third kappa shape index (κ3) is 9.90. The molecule has 110 valence electrons. The molecule has 0 spiro atoms. The molecule has 0 atom stereocenters. The Kier molecular flexibility index (Phi) is 8.89.